The van der Waals surface area contributed by atoms with Gasteiger partial charge >= 0.3 is 0 Å². The molecular formula is C12H14BrN4O2+. The number of hydrogen-bond acceptors (Lipinski definition) is 5. The van der Waals surface area contributed by atoms with E-state index in [0.717, 1.165) is 4.47 Å². The maximum atomic E-state index is 5.84. The van der Waals surface area contributed by atoms with Crippen LogP contribution in [0.3, 0.4) is 0 Å². The van der Waals surface area contributed by atoms with Gasteiger partial charge in [-0.2, -0.15) is 10.5 Å². The summed E-state index contributed by atoms with van der Waals surface area (Å²) in [5, 5.41) is 0. The Morgan fingerprint density at radius 3 is 2.68 bits per heavy atom. The van der Waals surface area contributed by atoms with Crippen molar-refractivity contribution in [2.75, 3.05) is 7.11 Å². The molecule has 1 unspecified atom stereocenters. The zero-order chi connectivity index (χ0) is 13.7. The van der Waals surface area contributed by atoms with E-state index in [1.807, 2.05) is 13.0 Å². The highest BCUT2D eigenvalue weighted by atomic mass is 79.9. The maximum absolute atomic E-state index is 5.84. The van der Waals surface area contributed by atoms with Gasteiger partial charge in [-0.3, -0.25) is 0 Å². The van der Waals surface area contributed by atoms with Crippen LogP contribution < -0.4 is 10.2 Å². The monoisotopic (exact) mass is 325 g/mol. The molecule has 1 atom stereocenters. The van der Waals surface area contributed by atoms with Gasteiger partial charge < -0.3 is 4.74 Å². The average Bonchev–Trinajstić information content (AvgIpc) is 2.43. The summed E-state index contributed by atoms with van der Waals surface area (Å²) >= 11 is 3.37. The van der Waals surface area contributed by atoms with Gasteiger partial charge in [0.1, 0.15) is 0 Å². The molecule has 2 N–H and O–H groups in total. The lowest BCUT2D eigenvalue weighted by Gasteiger charge is -2.13. The van der Waals surface area contributed by atoms with E-state index < -0.39 is 0 Å². The van der Waals surface area contributed by atoms with E-state index in [2.05, 4.69) is 30.9 Å². The van der Waals surface area contributed by atoms with Crippen LogP contribution >= 0.6 is 15.9 Å². The molecule has 0 saturated heterocycles. The van der Waals surface area contributed by atoms with Crippen LogP contribution in [-0.4, -0.2) is 22.1 Å². The van der Waals surface area contributed by atoms with Crippen molar-refractivity contribution in [3.05, 3.63) is 41.0 Å². The second-order valence-electron chi connectivity index (χ2n) is 3.76. The lowest BCUT2D eigenvalue weighted by atomic mass is 10.3. The van der Waals surface area contributed by atoms with E-state index in [1.54, 1.807) is 31.8 Å². The molecular weight excluding hydrogens is 312 g/mol. The molecule has 19 heavy (non-hydrogen) atoms. The van der Waals surface area contributed by atoms with Crippen LogP contribution in [0.4, 0.5) is 5.82 Å². The molecule has 100 valence electrons. The van der Waals surface area contributed by atoms with Gasteiger partial charge in [-0.1, -0.05) is 0 Å². The van der Waals surface area contributed by atoms with E-state index in [4.69, 9.17) is 9.57 Å². The van der Waals surface area contributed by atoms with Gasteiger partial charge in [-0.05, 0) is 28.9 Å². The van der Waals surface area contributed by atoms with Crippen molar-refractivity contribution >= 4 is 21.7 Å². The molecule has 0 aromatic carbocycles. The summed E-state index contributed by atoms with van der Waals surface area (Å²) in [4.78, 5) is 17.5. The molecule has 7 heteroatoms. The summed E-state index contributed by atoms with van der Waals surface area (Å²) in [6.07, 6.45) is 4.77. The molecule has 0 aliphatic heterocycles. The molecule has 2 heterocycles. The van der Waals surface area contributed by atoms with Crippen LogP contribution in [0, 0.1) is 0 Å². The third kappa shape index (κ3) is 3.69. The molecule has 2 rings (SSSR count). The number of nitrogens with two attached hydrogens (primary N) is 1. The third-order valence-corrected chi connectivity index (χ3v) is 2.76. The molecule has 0 saturated carbocycles. The molecule has 0 bridgehead atoms. The van der Waals surface area contributed by atoms with Crippen LogP contribution in [0.2, 0.25) is 0 Å². The van der Waals surface area contributed by atoms with E-state index in [1.165, 1.54) is 5.48 Å². The van der Waals surface area contributed by atoms with Gasteiger partial charge in [0.25, 0.3) is 5.82 Å². The second-order valence-corrected chi connectivity index (χ2v) is 4.67. The summed E-state index contributed by atoms with van der Waals surface area (Å²) < 4.78 is 6.67. The van der Waals surface area contributed by atoms with Gasteiger partial charge in [0, 0.05) is 29.1 Å². The van der Waals surface area contributed by atoms with E-state index in [9.17, 15) is 0 Å². The van der Waals surface area contributed by atoms with Gasteiger partial charge in [0.2, 0.25) is 5.75 Å². The normalized spacial score (nSPS) is 12.2. The molecule has 6 nitrogen and oxygen atoms in total. The van der Waals surface area contributed by atoms with Gasteiger partial charge in [0.05, 0.1) is 7.11 Å². The first kappa shape index (κ1) is 13.9. The van der Waals surface area contributed by atoms with E-state index in [-0.39, 0.29) is 6.10 Å². The van der Waals surface area contributed by atoms with Crippen molar-refractivity contribution in [1.82, 2.24) is 15.0 Å². The predicted molar refractivity (Wildman–Crippen MR) is 71.6 cm³/mol. The fourth-order valence-electron chi connectivity index (χ4n) is 1.49. The fourth-order valence-corrected chi connectivity index (χ4v) is 1.80. The molecule has 0 radical (unpaired) electrons. The van der Waals surface area contributed by atoms with Crippen LogP contribution in [0.25, 0.3) is 0 Å². The Balaban J connectivity index is 2.20. The number of aromatic nitrogens is 3. The summed E-state index contributed by atoms with van der Waals surface area (Å²) in [5.41, 5.74) is 1.53. The third-order valence-electron chi connectivity index (χ3n) is 2.33. The molecule has 2 aromatic rings. The summed E-state index contributed by atoms with van der Waals surface area (Å²) in [6, 6.07) is 3.60. The number of ether oxygens (including phenoxy) is 1. The smallest absolute Gasteiger partial charge is 0.300 e. The Hall–Kier alpha value is -1.57. The number of quaternary nitrogens is 1. The Morgan fingerprint density at radius 2 is 2.00 bits per heavy atom. The lowest BCUT2D eigenvalue weighted by molar-refractivity contribution is -0.832. The van der Waals surface area contributed by atoms with Crippen LogP contribution in [0.1, 0.15) is 18.9 Å². The first-order valence-electron chi connectivity index (χ1n) is 5.66. The second kappa shape index (κ2) is 6.55. The van der Waals surface area contributed by atoms with Gasteiger partial charge in [-0.25, -0.2) is 14.8 Å². The van der Waals surface area contributed by atoms with Crippen LogP contribution in [0.15, 0.2) is 35.2 Å². The molecule has 0 fully saturated rings. The van der Waals surface area contributed by atoms with E-state index in [0.29, 0.717) is 17.4 Å². The highest BCUT2D eigenvalue weighted by Gasteiger charge is 2.16. The topological polar surface area (TPSA) is 73.7 Å². The first-order chi connectivity index (χ1) is 9.20. The Labute approximate surface area is 119 Å². The zero-order valence-electron chi connectivity index (χ0n) is 10.6. The number of pyridine rings is 1. The highest BCUT2D eigenvalue weighted by molar-refractivity contribution is 9.10. The van der Waals surface area contributed by atoms with Crippen molar-refractivity contribution in [2.45, 2.75) is 13.0 Å². The van der Waals surface area contributed by atoms with Crippen molar-refractivity contribution < 1.29 is 15.1 Å². The lowest BCUT2D eigenvalue weighted by Crippen LogP contribution is -2.76. The largest absolute Gasteiger partial charge is 0.475 e. The van der Waals surface area contributed by atoms with E-state index >= 15 is 0 Å². The van der Waals surface area contributed by atoms with Crippen molar-refractivity contribution in [3.8, 4) is 5.75 Å². The minimum Gasteiger partial charge on any atom is -0.475 e. The minimum absolute atomic E-state index is 0.277. The summed E-state index contributed by atoms with van der Waals surface area (Å²) in [6.45, 7) is 1.88. The highest BCUT2D eigenvalue weighted by Crippen LogP contribution is 2.26. The van der Waals surface area contributed by atoms with Gasteiger partial charge in [-0.15, -0.1) is 0 Å². The van der Waals surface area contributed by atoms with Crippen molar-refractivity contribution in [2.24, 2.45) is 0 Å². The van der Waals surface area contributed by atoms with Gasteiger partial charge in [0.15, 0.2) is 11.9 Å². The Morgan fingerprint density at radius 1 is 1.26 bits per heavy atom. The fraction of sp³-hybridized carbons (Fsp3) is 0.250. The molecule has 0 aliphatic carbocycles. The quantitative estimate of drug-likeness (QED) is 0.844. The molecule has 0 amide bonds. The number of rotatable bonds is 5. The summed E-state index contributed by atoms with van der Waals surface area (Å²) in [7, 11) is 1.57. The average molecular weight is 326 g/mol. The van der Waals surface area contributed by atoms with Crippen molar-refractivity contribution in [1.29, 1.82) is 0 Å². The maximum Gasteiger partial charge on any atom is 0.300 e. The number of hydrogen-bond donors (Lipinski definition) is 1. The first-order valence-corrected chi connectivity index (χ1v) is 6.45. The number of halogens is 1. The standard InChI is InChI=1S/C12H13BrN4O2/c1-8(11-14-4-3-5-15-11)19-10-6-9(13)7-16-12(10)17-18-2/h3-8H,1-2H3,(H,16,17)/p+1. The molecule has 0 spiro atoms. The summed E-state index contributed by atoms with van der Waals surface area (Å²) in [5.74, 6) is 1.84. The molecule has 0 aliphatic rings. The van der Waals surface area contributed by atoms with Crippen LogP contribution in [-0.2, 0) is 4.84 Å². The van der Waals surface area contributed by atoms with Crippen LogP contribution in [0.5, 0.6) is 5.75 Å². The van der Waals surface area contributed by atoms with Crippen molar-refractivity contribution in [3.63, 3.8) is 0 Å². The zero-order valence-corrected chi connectivity index (χ0v) is 12.2. The minimum atomic E-state index is -0.277. The Kier molecular flexibility index (Phi) is 4.78. The molecule has 2 aromatic heterocycles. The predicted octanol–water partition coefficient (Wildman–Crippen LogP) is 1.53. The Bertz CT molecular complexity index is 539. The SMILES string of the molecule is CO[NH2+]c1ncc(Br)cc1OC(C)c1ncccn1. The number of nitrogens with zero attached hydrogens (tertiary/aromatic N) is 3.